The molecule has 0 saturated carbocycles. The molecule has 1 rings (SSSR count). The zero-order valence-corrected chi connectivity index (χ0v) is 8.17. The highest BCUT2D eigenvalue weighted by Crippen LogP contribution is 2.28. The normalized spacial score (nSPS) is 25.1. The Morgan fingerprint density at radius 3 is 2.67 bits per heavy atom. The molecule has 2 atom stereocenters. The molecule has 2 unspecified atom stereocenters. The maximum atomic E-state index is 12.3. The van der Waals surface area contributed by atoms with Crippen LogP contribution in [0.3, 0.4) is 0 Å². The van der Waals surface area contributed by atoms with E-state index in [1.165, 1.54) is 6.07 Å². The van der Waals surface area contributed by atoms with E-state index in [0.29, 0.717) is 13.0 Å². The molecule has 0 aliphatic carbocycles. The molecule has 1 heterocycles. The third-order valence-corrected chi connectivity index (χ3v) is 2.68. The number of nitriles is 1. The van der Waals surface area contributed by atoms with Gasteiger partial charge in [-0.3, -0.25) is 4.90 Å². The Hall–Kier alpha value is -0.800. The molecule has 0 aromatic rings. The van der Waals surface area contributed by atoms with E-state index in [4.69, 9.17) is 10.4 Å². The van der Waals surface area contributed by atoms with Gasteiger partial charge in [0.1, 0.15) is 0 Å². The summed E-state index contributed by atoms with van der Waals surface area (Å²) in [4.78, 5) is 1.54. The van der Waals surface area contributed by atoms with Gasteiger partial charge in [-0.05, 0) is 19.4 Å². The maximum absolute atomic E-state index is 12.3. The number of rotatable bonds is 3. The van der Waals surface area contributed by atoms with Gasteiger partial charge in [0.25, 0.3) is 0 Å². The molecule has 0 aromatic heterocycles. The van der Waals surface area contributed by atoms with E-state index >= 15 is 0 Å². The third-order valence-electron chi connectivity index (χ3n) is 2.68. The zero-order chi connectivity index (χ0) is 11.5. The molecule has 1 fully saturated rings. The Morgan fingerprint density at radius 2 is 2.20 bits per heavy atom. The lowest BCUT2D eigenvalue weighted by Crippen LogP contribution is -2.40. The van der Waals surface area contributed by atoms with Gasteiger partial charge in [-0.2, -0.15) is 18.4 Å². The summed E-state index contributed by atoms with van der Waals surface area (Å²) in [6, 6.07) is 1.05. The van der Waals surface area contributed by atoms with E-state index in [2.05, 4.69) is 0 Å². The summed E-state index contributed by atoms with van der Waals surface area (Å²) >= 11 is 0. The van der Waals surface area contributed by atoms with Crippen molar-refractivity contribution in [2.24, 2.45) is 5.92 Å². The number of hydrogen-bond acceptors (Lipinski definition) is 3. The summed E-state index contributed by atoms with van der Waals surface area (Å²) in [5.41, 5.74) is 0. The summed E-state index contributed by atoms with van der Waals surface area (Å²) in [5, 5.41) is 17.3. The van der Waals surface area contributed by atoms with Gasteiger partial charge in [-0.15, -0.1) is 0 Å². The molecule has 0 aromatic carbocycles. The highest BCUT2D eigenvalue weighted by Gasteiger charge is 2.42. The van der Waals surface area contributed by atoms with Gasteiger partial charge in [0.15, 0.2) is 5.92 Å². The van der Waals surface area contributed by atoms with Crippen LogP contribution in [0.15, 0.2) is 0 Å². The monoisotopic (exact) mass is 222 g/mol. The average Bonchev–Trinajstić information content (AvgIpc) is 2.59. The van der Waals surface area contributed by atoms with E-state index in [1.54, 1.807) is 4.90 Å². The van der Waals surface area contributed by atoms with Crippen LogP contribution >= 0.6 is 0 Å². The lowest BCUT2D eigenvalue weighted by Gasteiger charge is -2.25. The highest BCUT2D eigenvalue weighted by molar-refractivity contribution is 4.93. The van der Waals surface area contributed by atoms with Gasteiger partial charge >= 0.3 is 6.18 Å². The molecule has 15 heavy (non-hydrogen) atoms. The molecule has 1 aliphatic rings. The molecule has 6 heteroatoms. The van der Waals surface area contributed by atoms with Crippen LogP contribution in [0.5, 0.6) is 0 Å². The van der Waals surface area contributed by atoms with Crippen molar-refractivity contribution >= 4 is 0 Å². The van der Waals surface area contributed by atoms with Crippen LogP contribution in [0.1, 0.15) is 12.8 Å². The Morgan fingerprint density at radius 1 is 1.53 bits per heavy atom. The molecule has 1 saturated heterocycles. The topological polar surface area (TPSA) is 47.3 Å². The minimum absolute atomic E-state index is 0.143. The Kier molecular flexibility index (Phi) is 3.94. The van der Waals surface area contributed by atoms with Crippen molar-refractivity contribution in [3.8, 4) is 6.07 Å². The Bertz CT molecular complexity index is 249. The molecule has 0 spiro atoms. The van der Waals surface area contributed by atoms with Crippen LogP contribution in [0.4, 0.5) is 13.2 Å². The molecule has 0 bridgehead atoms. The van der Waals surface area contributed by atoms with Gasteiger partial charge in [0.2, 0.25) is 0 Å². The van der Waals surface area contributed by atoms with Gasteiger partial charge in [-0.25, -0.2) is 0 Å². The minimum Gasteiger partial charge on any atom is -0.395 e. The summed E-state index contributed by atoms with van der Waals surface area (Å²) in [6.07, 6.45) is -2.99. The molecular weight excluding hydrogens is 209 g/mol. The summed E-state index contributed by atoms with van der Waals surface area (Å²) in [5.74, 6) is -1.95. The van der Waals surface area contributed by atoms with E-state index in [-0.39, 0.29) is 19.2 Å². The van der Waals surface area contributed by atoms with Crippen LogP contribution in [-0.2, 0) is 0 Å². The largest absolute Gasteiger partial charge is 0.405 e. The number of aliphatic hydroxyl groups excluding tert-OH is 1. The molecule has 1 aliphatic heterocycles. The first-order chi connectivity index (χ1) is 6.99. The fourth-order valence-electron chi connectivity index (χ4n) is 1.79. The molecule has 0 amide bonds. The van der Waals surface area contributed by atoms with Crippen molar-refractivity contribution in [1.82, 2.24) is 4.90 Å². The van der Waals surface area contributed by atoms with Crippen molar-refractivity contribution in [2.75, 3.05) is 19.7 Å². The van der Waals surface area contributed by atoms with Crippen molar-refractivity contribution in [2.45, 2.75) is 25.1 Å². The number of hydrogen-bond donors (Lipinski definition) is 1. The van der Waals surface area contributed by atoms with Crippen LogP contribution in [-0.4, -0.2) is 41.9 Å². The van der Waals surface area contributed by atoms with E-state index in [0.717, 1.165) is 6.42 Å². The first kappa shape index (κ1) is 12.3. The Balaban J connectivity index is 2.56. The fraction of sp³-hybridized carbons (Fsp3) is 0.889. The lowest BCUT2D eigenvalue weighted by atomic mass is 10.1. The van der Waals surface area contributed by atoms with Gasteiger partial charge < -0.3 is 5.11 Å². The second-order valence-corrected chi connectivity index (χ2v) is 3.70. The van der Waals surface area contributed by atoms with Crippen molar-refractivity contribution < 1.29 is 18.3 Å². The number of halogens is 3. The molecule has 3 nitrogen and oxygen atoms in total. The maximum Gasteiger partial charge on any atom is 0.405 e. The highest BCUT2D eigenvalue weighted by atomic mass is 19.4. The van der Waals surface area contributed by atoms with Crippen molar-refractivity contribution in [1.29, 1.82) is 5.26 Å². The van der Waals surface area contributed by atoms with Crippen LogP contribution < -0.4 is 0 Å². The first-order valence-electron chi connectivity index (χ1n) is 4.80. The predicted molar refractivity (Wildman–Crippen MR) is 46.8 cm³/mol. The number of alkyl halides is 3. The molecular formula is C9H13F3N2O. The number of aliphatic hydroxyl groups is 1. The molecule has 86 valence electrons. The quantitative estimate of drug-likeness (QED) is 0.779. The summed E-state index contributed by atoms with van der Waals surface area (Å²) < 4.78 is 36.9. The van der Waals surface area contributed by atoms with Gasteiger partial charge in [0.05, 0.1) is 12.7 Å². The van der Waals surface area contributed by atoms with E-state index < -0.39 is 12.1 Å². The number of nitrogens with zero attached hydrogens (tertiary/aromatic N) is 2. The van der Waals surface area contributed by atoms with Crippen LogP contribution in [0, 0.1) is 17.2 Å². The smallest absolute Gasteiger partial charge is 0.395 e. The SMILES string of the molecule is N#CC(CN1CCCC1CO)C(F)(F)F. The average molecular weight is 222 g/mol. The minimum atomic E-state index is -4.47. The molecule has 1 N–H and O–H groups in total. The van der Waals surface area contributed by atoms with E-state index in [9.17, 15) is 13.2 Å². The van der Waals surface area contributed by atoms with E-state index in [1.807, 2.05) is 0 Å². The van der Waals surface area contributed by atoms with Crippen LogP contribution in [0.2, 0.25) is 0 Å². The summed E-state index contributed by atoms with van der Waals surface area (Å²) in [6.45, 7) is 0.0563. The Labute approximate surface area is 86.1 Å². The lowest BCUT2D eigenvalue weighted by molar-refractivity contribution is -0.163. The third kappa shape index (κ3) is 3.08. The first-order valence-corrected chi connectivity index (χ1v) is 4.80. The standard InChI is InChI=1S/C9H13F3N2O/c10-9(11,12)7(4-13)5-14-3-1-2-8(14)6-15/h7-8,15H,1-3,5-6H2. The summed E-state index contributed by atoms with van der Waals surface area (Å²) in [7, 11) is 0. The van der Waals surface area contributed by atoms with Gasteiger partial charge in [0, 0.05) is 12.6 Å². The zero-order valence-electron chi connectivity index (χ0n) is 8.17. The van der Waals surface area contributed by atoms with Crippen molar-refractivity contribution in [3.05, 3.63) is 0 Å². The second-order valence-electron chi connectivity index (χ2n) is 3.70. The number of likely N-dealkylation sites (tertiary alicyclic amines) is 1. The van der Waals surface area contributed by atoms with Crippen molar-refractivity contribution in [3.63, 3.8) is 0 Å². The fourth-order valence-corrected chi connectivity index (χ4v) is 1.79. The van der Waals surface area contributed by atoms with Crippen LogP contribution in [0.25, 0.3) is 0 Å². The predicted octanol–water partition coefficient (Wildman–Crippen LogP) is 1.15. The molecule has 0 radical (unpaired) electrons. The second kappa shape index (κ2) is 4.81. The van der Waals surface area contributed by atoms with Gasteiger partial charge in [-0.1, -0.05) is 0 Å².